The average Bonchev–Trinajstić information content (AvgIpc) is 3.20. The molecule has 6 heteroatoms. The molecule has 2 aliphatic rings. The fourth-order valence-electron chi connectivity index (χ4n) is 3.46. The lowest BCUT2D eigenvalue weighted by Gasteiger charge is -2.21. The van der Waals surface area contributed by atoms with Crippen molar-refractivity contribution in [3.8, 4) is 22.9 Å². The predicted molar refractivity (Wildman–Crippen MR) is 103 cm³/mol. The fraction of sp³-hybridized carbons (Fsp3) is 0.238. The number of anilines is 1. The summed E-state index contributed by atoms with van der Waals surface area (Å²) in [6, 6.07) is 16.1. The summed E-state index contributed by atoms with van der Waals surface area (Å²) in [5, 5.41) is 6.92. The van der Waals surface area contributed by atoms with Gasteiger partial charge in [0.1, 0.15) is 5.82 Å². The number of benzene rings is 2. The molecule has 0 amide bonds. The normalized spacial score (nSPS) is 14.7. The van der Waals surface area contributed by atoms with Gasteiger partial charge in [0.15, 0.2) is 17.3 Å². The van der Waals surface area contributed by atoms with Crippen LogP contribution in [0.4, 0.5) is 5.82 Å². The van der Waals surface area contributed by atoms with Crippen LogP contribution in [0.1, 0.15) is 16.8 Å². The van der Waals surface area contributed by atoms with Crippen LogP contribution in [0, 0.1) is 0 Å². The SMILES string of the molecule is c1ccc(-c2nc3c(c(NCc4ccc5c(c4)OCO5)n2)CCNC3)cc1. The molecule has 1 aromatic heterocycles. The second kappa shape index (κ2) is 6.89. The van der Waals surface area contributed by atoms with Crippen LogP contribution in [0.15, 0.2) is 48.5 Å². The van der Waals surface area contributed by atoms with Crippen LogP contribution in [-0.4, -0.2) is 23.3 Å². The molecule has 3 heterocycles. The van der Waals surface area contributed by atoms with Gasteiger partial charge in [0.25, 0.3) is 0 Å². The Morgan fingerprint density at radius 2 is 1.89 bits per heavy atom. The molecule has 27 heavy (non-hydrogen) atoms. The smallest absolute Gasteiger partial charge is 0.231 e. The first-order valence-electron chi connectivity index (χ1n) is 9.15. The quantitative estimate of drug-likeness (QED) is 0.745. The highest BCUT2D eigenvalue weighted by Crippen LogP contribution is 2.33. The summed E-state index contributed by atoms with van der Waals surface area (Å²) in [6.07, 6.45) is 0.924. The van der Waals surface area contributed by atoms with Crippen LogP contribution in [-0.2, 0) is 19.5 Å². The van der Waals surface area contributed by atoms with Gasteiger partial charge < -0.3 is 20.1 Å². The van der Waals surface area contributed by atoms with Crippen molar-refractivity contribution in [1.29, 1.82) is 0 Å². The summed E-state index contributed by atoms with van der Waals surface area (Å²) in [5.74, 6) is 3.27. The number of ether oxygens (including phenoxy) is 2. The molecule has 0 aliphatic carbocycles. The van der Waals surface area contributed by atoms with E-state index in [1.165, 1.54) is 5.56 Å². The van der Waals surface area contributed by atoms with E-state index < -0.39 is 0 Å². The van der Waals surface area contributed by atoms with Gasteiger partial charge in [-0.25, -0.2) is 9.97 Å². The molecule has 0 fully saturated rings. The van der Waals surface area contributed by atoms with E-state index in [-0.39, 0.29) is 0 Å². The second-order valence-electron chi connectivity index (χ2n) is 6.66. The van der Waals surface area contributed by atoms with Crippen molar-refractivity contribution in [3.05, 3.63) is 65.4 Å². The van der Waals surface area contributed by atoms with Crippen molar-refractivity contribution in [2.24, 2.45) is 0 Å². The summed E-state index contributed by atoms with van der Waals surface area (Å²) < 4.78 is 10.9. The van der Waals surface area contributed by atoms with E-state index in [1.807, 2.05) is 48.5 Å². The maximum atomic E-state index is 5.47. The highest BCUT2D eigenvalue weighted by molar-refractivity contribution is 5.60. The number of fused-ring (bicyclic) bond motifs is 2. The average molecular weight is 360 g/mol. The van der Waals surface area contributed by atoms with E-state index in [4.69, 9.17) is 19.4 Å². The van der Waals surface area contributed by atoms with Crippen LogP contribution in [0.5, 0.6) is 11.5 Å². The second-order valence-corrected chi connectivity index (χ2v) is 6.66. The zero-order chi connectivity index (χ0) is 18.1. The van der Waals surface area contributed by atoms with Crippen LogP contribution < -0.4 is 20.1 Å². The Morgan fingerprint density at radius 1 is 1.00 bits per heavy atom. The molecule has 3 aromatic rings. The van der Waals surface area contributed by atoms with Crippen LogP contribution in [0.2, 0.25) is 0 Å². The van der Waals surface area contributed by atoms with E-state index in [0.717, 1.165) is 59.5 Å². The van der Waals surface area contributed by atoms with Crippen molar-refractivity contribution in [3.63, 3.8) is 0 Å². The molecular formula is C21H20N4O2. The van der Waals surface area contributed by atoms with E-state index >= 15 is 0 Å². The van der Waals surface area contributed by atoms with Crippen LogP contribution in [0.3, 0.4) is 0 Å². The predicted octanol–water partition coefficient (Wildman–Crippen LogP) is 3.13. The third-order valence-corrected chi connectivity index (χ3v) is 4.87. The summed E-state index contributed by atoms with van der Waals surface area (Å²) in [7, 11) is 0. The molecule has 0 unspecified atom stereocenters. The summed E-state index contributed by atoms with van der Waals surface area (Å²) in [5.41, 5.74) is 4.43. The Hall–Kier alpha value is -3.12. The van der Waals surface area contributed by atoms with Gasteiger partial charge in [0, 0.05) is 24.2 Å². The number of nitrogens with zero attached hydrogens (tertiary/aromatic N) is 2. The molecule has 0 saturated heterocycles. The Morgan fingerprint density at radius 3 is 2.81 bits per heavy atom. The Bertz CT molecular complexity index is 975. The highest BCUT2D eigenvalue weighted by atomic mass is 16.7. The zero-order valence-electron chi connectivity index (χ0n) is 14.9. The molecule has 0 spiro atoms. The fourth-order valence-corrected chi connectivity index (χ4v) is 3.46. The standard InChI is InChI=1S/C21H20N4O2/c1-2-4-15(5-3-1)20-24-17-12-22-9-8-16(17)21(25-20)23-11-14-6-7-18-19(10-14)27-13-26-18/h1-7,10,22H,8-9,11-13H2,(H,23,24,25). The summed E-state index contributed by atoms with van der Waals surface area (Å²) in [6.45, 7) is 2.68. The van der Waals surface area contributed by atoms with Crippen LogP contribution in [0.25, 0.3) is 11.4 Å². The first-order chi connectivity index (χ1) is 13.4. The van der Waals surface area contributed by atoms with Gasteiger partial charge in [0.2, 0.25) is 6.79 Å². The largest absolute Gasteiger partial charge is 0.454 e. The summed E-state index contributed by atoms with van der Waals surface area (Å²) in [4.78, 5) is 9.63. The number of hydrogen-bond donors (Lipinski definition) is 2. The lowest BCUT2D eigenvalue weighted by molar-refractivity contribution is 0.174. The first kappa shape index (κ1) is 16.1. The number of rotatable bonds is 4. The van der Waals surface area contributed by atoms with Crippen molar-refractivity contribution < 1.29 is 9.47 Å². The minimum atomic E-state index is 0.291. The monoisotopic (exact) mass is 360 g/mol. The van der Waals surface area contributed by atoms with Gasteiger partial charge in [-0.15, -0.1) is 0 Å². The zero-order valence-corrected chi connectivity index (χ0v) is 14.9. The van der Waals surface area contributed by atoms with E-state index in [9.17, 15) is 0 Å². The molecule has 0 saturated carbocycles. The van der Waals surface area contributed by atoms with Crippen molar-refractivity contribution in [2.75, 3.05) is 18.7 Å². The molecule has 2 aliphatic heterocycles. The third kappa shape index (κ3) is 3.19. The molecule has 0 radical (unpaired) electrons. The van der Waals surface area contributed by atoms with Gasteiger partial charge in [0.05, 0.1) is 5.69 Å². The van der Waals surface area contributed by atoms with Crippen molar-refractivity contribution >= 4 is 5.82 Å². The van der Waals surface area contributed by atoms with Gasteiger partial charge in [-0.2, -0.15) is 0 Å². The molecule has 136 valence electrons. The van der Waals surface area contributed by atoms with E-state index in [1.54, 1.807) is 0 Å². The van der Waals surface area contributed by atoms with Gasteiger partial charge in [-0.3, -0.25) is 0 Å². The maximum Gasteiger partial charge on any atom is 0.231 e. The number of hydrogen-bond acceptors (Lipinski definition) is 6. The molecule has 0 atom stereocenters. The Balaban J connectivity index is 1.45. The Kier molecular flexibility index (Phi) is 4.10. The minimum absolute atomic E-state index is 0.291. The number of aromatic nitrogens is 2. The summed E-state index contributed by atoms with van der Waals surface area (Å²) >= 11 is 0. The molecule has 0 bridgehead atoms. The molecule has 2 aromatic carbocycles. The van der Waals surface area contributed by atoms with E-state index in [0.29, 0.717) is 13.3 Å². The topological polar surface area (TPSA) is 68.3 Å². The molecule has 6 nitrogen and oxygen atoms in total. The molecule has 2 N–H and O–H groups in total. The van der Waals surface area contributed by atoms with Crippen molar-refractivity contribution in [2.45, 2.75) is 19.5 Å². The first-order valence-corrected chi connectivity index (χ1v) is 9.15. The highest BCUT2D eigenvalue weighted by Gasteiger charge is 2.19. The minimum Gasteiger partial charge on any atom is -0.454 e. The lowest BCUT2D eigenvalue weighted by Crippen LogP contribution is -2.26. The van der Waals surface area contributed by atoms with Gasteiger partial charge >= 0.3 is 0 Å². The van der Waals surface area contributed by atoms with Gasteiger partial charge in [-0.05, 0) is 30.7 Å². The van der Waals surface area contributed by atoms with Crippen LogP contribution >= 0.6 is 0 Å². The third-order valence-electron chi connectivity index (χ3n) is 4.87. The van der Waals surface area contributed by atoms with Gasteiger partial charge in [-0.1, -0.05) is 36.4 Å². The van der Waals surface area contributed by atoms with Crippen molar-refractivity contribution in [1.82, 2.24) is 15.3 Å². The Labute approximate surface area is 157 Å². The molecular weight excluding hydrogens is 340 g/mol. The molecule has 5 rings (SSSR count). The maximum absolute atomic E-state index is 5.47. The number of nitrogens with one attached hydrogen (secondary N) is 2. The van der Waals surface area contributed by atoms with E-state index in [2.05, 4.69) is 10.6 Å². The lowest BCUT2D eigenvalue weighted by atomic mass is 10.1.